The lowest BCUT2D eigenvalue weighted by atomic mass is 9.80. The largest absolute Gasteiger partial charge is 0.373 e. The molecule has 1 unspecified atom stereocenters. The number of carbonyl (C=O) groups excluding carboxylic acids is 1. The summed E-state index contributed by atoms with van der Waals surface area (Å²) in [6, 6.07) is 4.14. The number of hydrogen-bond acceptors (Lipinski definition) is 5. The van der Waals surface area contributed by atoms with E-state index in [4.69, 9.17) is 4.74 Å². The van der Waals surface area contributed by atoms with Gasteiger partial charge in [0.2, 0.25) is 5.91 Å². The van der Waals surface area contributed by atoms with Crippen LogP contribution in [-0.2, 0) is 9.53 Å². The molecule has 0 aromatic carbocycles. The summed E-state index contributed by atoms with van der Waals surface area (Å²) in [5.41, 5.74) is 0.964. The molecule has 0 bridgehead atoms. The van der Waals surface area contributed by atoms with Crippen molar-refractivity contribution in [3.05, 3.63) is 30.5 Å². The van der Waals surface area contributed by atoms with Gasteiger partial charge in [-0.25, -0.2) is 0 Å². The average Bonchev–Trinajstić information content (AvgIpc) is 3.10. The van der Waals surface area contributed by atoms with Gasteiger partial charge in [0.1, 0.15) is 0 Å². The summed E-state index contributed by atoms with van der Waals surface area (Å²) in [6.07, 6.45) is 8.48. The molecule has 158 valence electrons. The Morgan fingerprint density at radius 3 is 2.55 bits per heavy atom. The number of rotatable bonds is 4. The molecule has 4 heterocycles. The van der Waals surface area contributed by atoms with Crippen molar-refractivity contribution in [2.45, 2.75) is 51.6 Å². The Morgan fingerprint density at radius 2 is 1.83 bits per heavy atom. The third-order valence-corrected chi connectivity index (χ3v) is 7.08. The van der Waals surface area contributed by atoms with Gasteiger partial charge < -0.3 is 14.5 Å². The SMILES string of the molecule is C=C[C@@H]1OCC[C@H]1C(=O)N1CCC(C2CCCN(c3ccc(C)nn3)CC2)CC1. The van der Waals surface area contributed by atoms with E-state index in [1.807, 2.05) is 13.0 Å². The van der Waals surface area contributed by atoms with Gasteiger partial charge in [0.05, 0.1) is 17.7 Å². The molecule has 0 spiro atoms. The lowest BCUT2D eigenvalue weighted by Crippen LogP contribution is -2.44. The third-order valence-electron chi connectivity index (χ3n) is 7.08. The van der Waals surface area contributed by atoms with E-state index in [0.717, 1.165) is 68.8 Å². The second kappa shape index (κ2) is 9.24. The zero-order chi connectivity index (χ0) is 20.2. The molecule has 6 heteroatoms. The van der Waals surface area contributed by atoms with Crippen molar-refractivity contribution in [3.63, 3.8) is 0 Å². The summed E-state index contributed by atoms with van der Waals surface area (Å²) < 4.78 is 5.63. The molecule has 0 radical (unpaired) electrons. The zero-order valence-corrected chi connectivity index (χ0v) is 17.6. The number of hydrogen-bond donors (Lipinski definition) is 0. The number of nitrogens with zero attached hydrogens (tertiary/aromatic N) is 4. The number of anilines is 1. The van der Waals surface area contributed by atoms with Crippen molar-refractivity contribution >= 4 is 11.7 Å². The highest BCUT2D eigenvalue weighted by Gasteiger charge is 2.37. The van der Waals surface area contributed by atoms with E-state index < -0.39 is 0 Å². The minimum Gasteiger partial charge on any atom is -0.373 e. The first-order valence-corrected chi connectivity index (χ1v) is 11.2. The summed E-state index contributed by atoms with van der Waals surface area (Å²) in [6.45, 7) is 10.4. The molecule has 0 saturated carbocycles. The van der Waals surface area contributed by atoms with Crippen LogP contribution in [0.1, 0.15) is 44.2 Å². The van der Waals surface area contributed by atoms with E-state index in [2.05, 4.69) is 32.6 Å². The molecular weight excluding hydrogens is 364 g/mol. The number of aryl methyl sites for hydroxylation is 1. The van der Waals surface area contributed by atoms with Crippen LogP contribution in [0.25, 0.3) is 0 Å². The normalized spacial score (nSPS) is 28.9. The van der Waals surface area contributed by atoms with E-state index in [1.165, 1.54) is 19.3 Å². The maximum absolute atomic E-state index is 12.9. The molecule has 1 aromatic heterocycles. The first-order valence-electron chi connectivity index (χ1n) is 11.2. The maximum Gasteiger partial charge on any atom is 0.228 e. The number of likely N-dealkylation sites (tertiary alicyclic amines) is 1. The van der Waals surface area contributed by atoms with E-state index in [0.29, 0.717) is 6.61 Å². The Morgan fingerprint density at radius 1 is 1.07 bits per heavy atom. The summed E-state index contributed by atoms with van der Waals surface area (Å²) in [4.78, 5) is 17.4. The molecule has 3 saturated heterocycles. The van der Waals surface area contributed by atoms with E-state index in [9.17, 15) is 4.79 Å². The Bertz CT molecular complexity index is 699. The number of ether oxygens (including phenoxy) is 1. The van der Waals surface area contributed by atoms with Crippen LogP contribution in [0.15, 0.2) is 24.8 Å². The second-order valence-electron chi connectivity index (χ2n) is 8.84. The predicted octanol–water partition coefficient (Wildman–Crippen LogP) is 3.22. The van der Waals surface area contributed by atoms with Crippen LogP contribution in [0.5, 0.6) is 0 Å². The van der Waals surface area contributed by atoms with Crippen molar-refractivity contribution in [2.24, 2.45) is 17.8 Å². The van der Waals surface area contributed by atoms with Crippen LogP contribution in [0.3, 0.4) is 0 Å². The fourth-order valence-electron chi connectivity index (χ4n) is 5.32. The van der Waals surface area contributed by atoms with Crippen molar-refractivity contribution < 1.29 is 9.53 Å². The topological polar surface area (TPSA) is 58.6 Å². The predicted molar refractivity (Wildman–Crippen MR) is 114 cm³/mol. The molecule has 4 rings (SSSR count). The molecule has 3 fully saturated rings. The molecule has 0 aliphatic carbocycles. The van der Waals surface area contributed by atoms with Crippen LogP contribution in [0.4, 0.5) is 5.82 Å². The van der Waals surface area contributed by atoms with Crippen LogP contribution >= 0.6 is 0 Å². The van der Waals surface area contributed by atoms with Crippen LogP contribution in [0.2, 0.25) is 0 Å². The lowest BCUT2D eigenvalue weighted by Gasteiger charge is -2.37. The Kier molecular flexibility index (Phi) is 6.48. The number of carbonyl (C=O) groups is 1. The number of piperidine rings is 1. The molecule has 1 amide bonds. The molecule has 0 N–H and O–H groups in total. The molecule has 3 aliphatic rings. The molecule has 29 heavy (non-hydrogen) atoms. The van der Waals surface area contributed by atoms with Crippen molar-refractivity contribution in [1.82, 2.24) is 15.1 Å². The van der Waals surface area contributed by atoms with Gasteiger partial charge in [-0.2, -0.15) is 5.10 Å². The smallest absolute Gasteiger partial charge is 0.228 e. The van der Waals surface area contributed by atoms with Gasteiger partial charge in [0.25, 0.3) is 0 Å². The highest BCUT2D eigenvalue weighted by molar-refractivity contribution is 5.80. The van der Waals surface area contributed by atoms with Gasteiger partial charge in [-0.15, -0.1) is 11.7 Å². The number of amides is 1. The third kappa shape index (κ3) is 4.63. The molecule has 6 nitrogen and oxygen atoms in total. The highest BCUT2D eigenvalue weighted by atomic mass is 16.5. The zero-order valence-electron chi connectivity index (χ0n) is 17.6. The van der Waals surface area contributed by atoms with E-state index in [-0.39, 0.29) is 17.9 Å². The Labute approximate surface area is 174 Å². The fraction of sp³-hybridized carbons (Fsp3) is 0.696. The minimum absolute atomic E-state index is 0.0221. The quantitative estimate of drug-likeness (QED) is 0.729. The minimum atomic E-state index is -0.0991. The maximum atomic E-state index is 12.9. The van der Waals surface area contributed by atoms with Crippen LogP contribution in [-0.4, -0.2) is 59.9 Å². The van der Waals surface area contributed by atoms with Gasteiger partial charge in [-0.3, -0.25) is 4.79 Å². The van der Waals surface area contributed by atoms with Gasteiger partial charge in [0.15, 0.2) is 5.82 Å². The standard InChI is InChI=1S/C23H34N4O2/c1-3-21-20(11-16-29-21)23(28)27-14-9-19(10-15-27)18-5-4-12-26(13-8-18)22-7-6-17(2)24-25-22/h3,6-7,18-21H,1,4-5,8-16H2,2H3/t18?,20-,21+/m1/s1. The second-order valence-corrected chi connectivity index (χ2v) is 8.84. The van der Waals surface area contributed by atoms with Gasteiger partial charge >= 0.3 is 0 Å². The number of aromatic nitrogens is 2. The fourth-order valence-corrected chi connectivity index (χ4v) is 5.32. The van der Waals surface area contributed by atoms with Gasteiger partial charge in [-0.05, 0) is 69.4 Å². The summed E-state index contributed by atoms with van der Waals surface area (Å²) in [5.74, 6) is 2.75. The van der Waals surface area contributed by atoms with Crippen molar-refractivity contribution in [1.29, 1.82) is 0 Å². The first-order chi connectivity index (χ1) is 14.2. The first kappa shape index (κ1) is 20.3. The summed E-state index contributed by atoms with van der Waals surface area (Å²) in [5, 5.41) is 8.59. The van der Waals surface area contributed by atoms with Gasteiger partial charge in [0, 0.05) is 32.8 Å². The molecule has 1 aromatic rings. The average molecular weight is 399 g/mol. The Hall–Kier alpha value is -1.95. The van der Waals surface area contributed by atoms with E-state index in [1.54, 1.807) is 6.08 Å². The lowest BCUT2D eigenvalue weighted by molar-refractivity contribution is -0.138. The van der Waals surface area contributed by atoms with Gasteiger partial charge in [-0.1, -0.05) is 6.08 Å². The monoisotopic (exact) mass is 398 g/mol. The summed E-state index contributed by atoms with van der Waals surface area (Å²) in [7, 11) is 0. The van der Waals surface area contributed by atoms with Crippen LogP contribution in [0, 0.1) is 24.7 Å². The molecule has 3 aliphatic heterocycles. The summed E-state index contributed by atoms with van der Waals surface area (Å²) >= 11 is 0. The van der Waals surface area contributed by atoms with Crippen molar-refractivity contribution in [2.75, 3.05) is 37.7 Å². The van der Waals surface area contributed by atoms with Crippen LogP contribution < -0.4 is 4.90 Å². The molecule has 3 atom stereocenters. The molecular formula is C23H34N4O2. The Balaban J connectivity index is 1.28. The van der Waals surface area contributed by atoms with Crippen molar-refractivity contribution in [3.8, 4) is 0 Å². The van der Waals surface area contributed by atoms with E-state index >= 15 is 0 Å². The highest BCUT2D eigenvalue weighted by Crippen LogP contribution is 2.34.